The molecule has 1 atom stereocenters. The van der Waals surface area contributed by atoms with E-state index in [1.165, 1.54) is 11.1 Å². The first-order valence-corrected chi connectivity index (χ1v) is 5.16. The standard InChI is InChI=1S/C12H19NO/c1-5-6-7-11(9(2)3)12-8-14-10(4)13-12/h6-7,12H,5,8H2,1-4H3/b7-6-. The summed E-state index contributed by atoms with van der Waals surface area (Å²) < 4.78 is 5.36. The molecule has 78 valence electrons. The number of hydrogen-bond donors (Lipinski definition) is 0. The van der Waals surface area contributed by atoms with Crippen LogP contribution in [0.15, 0.2) is 28.3 Å². The van der Waals surface area contributed by atoms with Gasteiger partial charge in [-0.1, -0.05) is 24.6 Å². The van der Waals surface area contributed by atoms with Crippen molar-refractivity contribution in [3.05, 3.63) is 23.3 Å². The molecule has 2 heteroatoms. The average Bonchev–Trinajstić information content (AvgIpc) is 2.52. The molecular formula is C12H19NO. The van der Waals surface area contributed by atoms with Crippen LogP contribution >= 0.6 is 0 Å². The first kappa shape index (κ1) is 11.0. The lowest BCUT2D eigenvalue weighted by Crippen LogP contribution is -2.09. The highest BCUT2D eigenvalue weighted by Gasteiger charge is 2.19. The Morgan fingerprint density at radius 2 is 2.29 bits per heavy atom. The maximum atomic E-state index is 5.36. The molecule has 14 heavy (non-hydrogen) atoms. The Bertz CT molecular complexity index is 283. The van der Waals surface area contributed by atoms with Crippen LogP contribution in [0.5, 0.6) is 0 Å². The van der Waals surface area contributed by atoms with Gasteiger partial charge < -0.3 is 4.74 Å². The van der Waals surface area contributed by atoms with Gasteiger partial charge in [-0.25, -0.2) is 4.99 Å². The lowest BCUT2D eigenvalue weighted by Gasteiger charge is -2.08. The fourth-order valence-electron chi connectivity index (χ4n) is 1.51. The summed E-state index contributed by atoms with van der Waals surface area (Å²) in [6.45, 7) is 8.99. The topological polar surface area (TPSA) is 21.6 Å². The van der Waals surface area contributed by atoms with Crippen molar-refractivity contribution >= 4 is 5.90 Å². The lowest BCUT2D eigenvalue weighted by molar-refractivity contribution is 0.326. The van der Waals surface area contributed by atoms with Gasteiger partial charge in [0.25, 0.3) is 0 Å². The number of aliphatic imine (C=N–C) groups is 1. The van der Waals surface area contributed by atoms with Crippen molar-refractivity contribution in [2.75, 3.05) is 6.61 Å². The average molecular weight is 193 g/mol. The molecule has 0 aromatic carbocycles. The van der Waals surface area contributed by atoms with E-state index in [4.69, 9.17) is 4.74 Å². The molecule has 0 bridgehead atoms. The third-order valence-corrected chi connectivity index (χ3v) is 2.26. The van der Waals surface area contributed by atoms with Crippen molar-refractivity contribution in [3.63, 3.8) is 0 Å². The molecule has 1 aliphatic rings. The van der Waals surface area contributed by atoms with Crippen LogP contribution in [0, 0.1) is 0 Å². The van der Waals surface area contributed by atoms with Gasteiger partial charge >= 0.3 is 0 Å². The van der Waals surface area contributed by atoms with Crippen LogP contribution < -0.4 is 0 Å². The van der Waals surface area contributed by atoms with Gasteiger partial charge in [0.05, 0.1) is 0 Å². The molecular weight excluding hydrogens is 174 g/mol. The van der Waals surface area contributed by atoms with Gasteiger partial charge in [-0.05, 0) is 25.8 Å². The third kappa shape index (κ3) is 2.72. The Hall–Kier alpha value is -1.05. The summed E-state index contributed by atoms with van der Waals surface area (Å²) >= 11 is 0. The molecule has 0 aliphatic carbocycles. The molecule has 1 heterocycles. The van der Waals surface area contributed by atoms with E-state index in [0.717, 1.165) is 12.3 Å². The van der Waals surface area contributed by atoms with Crippen molar-refractivity contribution in [2.45, 2.75) is 40.2 Å². The SMILES string of the molecule is CC/C=C\C(=C(C)C)C1COC(C)=N1. The Balaban J connectivity index is 2.80. The van der Waals surface area contributed by atoms with Gasteiger partial charge in [-0.15, -0.1) is 0 Å². The van der Waals surface area contributed by atoms with Crippen molar-refractivity contribution in [1.29, 1.82) is 0 Å². The van der Waals surface area contributed by atoms with Crippen LogP contribution in [0.1, 0.15) is 34.1 Å². The Morgan fingerprint density at radius 1 is 1.57 bits per heavy atom. The molecule has 0 fully saturated rings. The van der Waals surface area contributed by atoms with Crippen LogP contribution in [0.25, 0.3) is 0 Å². The van der Waals surface area contributed by atoms with Crippen LogP contribution in [0.4, 0.5) is 0 Å². The first-order chi connectivity index (χ1) is 6.65. The zero-order chi connectivity index (χ0) is 10.6. The van der Waals surface area contributed by atoms with Crippen molar-refractivity contribution in [2.24, 2.45) is 4.99 Å². The number of nitrogens with zero attached hydrogens (tertiary/aromatic N) is 1. The monoisotopic (exact) mass is 193 g/mol. The smallest absolute Gasteiger partial charge is 0.180 e. The van der Waals surface area contributed by atoms with E-state index in [-0.39, 0.29) is 6.04 Å². The highest BCUT2D eigenvalue weighted by atomic mass is 16.5. The second-order valence-corrected chi connectivity index (χ2v) is 3.74. The van der Waals surface area contributed by atoms with Crippen LogP contribution in [-0.2, 0) is 4.74 Å². The van der Waals surface area contributed by atoms with Crippen LogP contribution in [0.2, 0.25) is 0 Å². The van der Waals surface area contributed by atoms with E-state index >= 15 is 0 Å². The van der Waals surface area contributed by atoms with E-state index < -0.39 is 0 Å². The summed E-state index contributed by atoms with van der Waals surface area (Å²) in [4.78, 5) is 4.45. The van der Waals surface area contributed by atoms with Crippen molar-refractivity contribution < 1.29 is 4.74 Å². The fraction of sp³-hybridized carbons (Fsp3) is 0.583. The van der Waals surface area contributed by atoms with E-state index in [0.29, 0.717) is 6.61 Å². The number of ether oxygens (including phenoxy) is 1. The Kier molecular flexibility index (Phi) is 3.93. The molecule has 0 amide bonds. The van der Waals surface area contributed by atoms with E-state index in [2.05, 4.69) is 37.9 Å². The maximum absolute atomic E-state index is 5.36. The lowest BCUT2D eigenvalue weighted by atomic mass is 10.0. The van der Waals surface area contributed by atoms with Gasteiger partial charge in [-0.3, -0.25) is 0 Å². The second-order valence-electron chi connectivity index (χ2n) is 3.74. The molecule has 0 radical (unpaired) electrons. The van der Waals surface area contributed by atoms with Crippen molar-refractivity contribution in [3.8, 4) is 0 Å². The molecule has 0 aromatic rings. The molecule has 0 saturated heterocycles. The highest BCUT2D eigenvalue weighted by Crippen LogP contribution is 2.18. The summed E-state index contributed by atoms with van der Waals surface area (Å²) in [6.07, 6.45) is 5.41. The van der Waals surface area contributed by atoms with Crippen molar-refractivity contribution in [1.82, 2.24) is 0 Å². The zero-order valence-corrected chi connectivity index (χ0v) is 9.50. The van der Waals surface area contributed by atoms with Crippen LogP contribution in [-0.4, -0.2) is 18.5 Å². The minimum atomic E-state index is 0.211. The predicted octanol–water partition coefficient (Wildman–Crippen LogP) is 3.11. The molecule has 0 aromatic heterocycles. The third-order valence-electron chi connectivity index (χ3n) is 2.26. The van der Waals surface area contributed by atoms with Crippen LogP contribution in [0.3, 0.4) is 0 Å². The predicted molar refractivity (Wildman–Crippen MR) is 60.7 cm³/mol. The molecule has 0 saturated carbocycles. The molecule has 2 nitrogen and oxygen atoms in total. The molecule has 1 rings (SSSR count). The second kappa shape index (κ2) is 4.99. The maximum Gasteiger partial charge on any atom is 0.180 e. The Morgan fingerprint density at radius 3 is 2.71 bits per heavy atom. The van der Waals surface area contributed by atoms with Gasteiger partial charge in [0.2, 0.25) is 0 Å². The number of hydrogen-bond acceptors (Lipinski definition) is 2. The van der Waals surface area contributed by atoms with Gasteiger partial charge in [0.1, 0.15) is 12.6 Å². The largest absolute Gasteiger partial charge is 0.479 e. The molecule has 0 N–H and O–H groups in total. The first-order valence-electron chi connectivity index (χ1n) is 5.16. The Labute approximate surface area is 86.4 Å². The summed E-state index contributed by atoms with van der Waals surface area (Å²) in [5, 5.41) is 0. The minimum Gasteiger partial charge on any atom is -0.479 e. The minimum absolute atomic E-state index is 0.211. The van der Waals surface area contributed by atoms with E-state index in [1.807, 2.05) is 6.92 Å². The highest BCUT2D eigenvalue weighted by molar-refractivity contribution is 5.75. The summed E-state index contributed by atoms with van der Waals surface area (Å²) in [6, 6.07) is 0.211. The molecule has 1 unspecified atom stereocenters. The van der Waals surface area contributed by atoms with Gasteiger partial charge in [0.15, 0.2) is 5.90 Å². The van der Waals surface area contributed by atoms with Gasteiger partial charge in [-0.2, -0.15) is 0 Å². The number of allylic oxidation sites excluding steroid dienone is 2. The molecule has 0 spiro atoms. The van der Waals surface area contributed by atoms with E-state index in [9.17, 15) is 0 Å². The normalized spacial score (nSPS) is 20.9. The quantitative estimate of drug-likeness (QED) is 0.631. The number of rotatable bonds is 3. The summed E-state index contributed by atoms with van der Waals surface area (Å²) in [7, 11) is 0. The fourth-order valence-corrected chi connectivity index (χ4v) is 1.51. The van der Waals surface area contributed by atoms with Gasteiger partial charge in [0, 0.05) is 6.92 Å². The van der Waals surface area contributed by atoms with E-state index in [1.54, 1.807) is 0 Å². The summed E-state index contributed by atoms with van der Waals surface area (Å²) in [5.74, 6) is 0.804. The summed E-state index contributed by atoms with van der Waals surface area (Å²) in [5.41, 5.74) is 2.62. The zero-order valence-electron chi connectivity index (χ0n) is 9.50. The molecule has 1 aliphatic heterocycles.